The Bertz CT molecular complexity index is 531. The molecule has 0 bridgehead atoms. The summed E-state index contributed by atoms with van der Waals surface area (Å²) in [6.45, 7) is 4.59. The molecule has 1 heterocycles. The molecule has 19 heavy (non-hydrogen) atoms. The SMILES string of the molecule is CC(C)NCc1c(F)cccc1Sc1ccncn1. The fourth-order valence-electron chi connectivity index (χ4n) is 1.56. The van der Waals surface area contributed by atoms with Crippen molar-refractivity contribution in [3.63, 3.8) is 0 Å². The first-order valence-corrected chi connectivity index (χ1v) is 6.93. The summed E-state index contributed by atoms with van der Waals surface area (Å²) in [6, 6.07) is 7.25. The standard InChI is InChI=1S/C14H16FN3S/c1-10(2)17-8-11-12(15)4-3-5-13(11)19-14-6-7-16-9-18-14/h3-7,9-10,17H,8H2,1-2H3. The zero-order chi connectivity index (χ0) is 13.7. The van der Waals surface area contributed by atoms with E-state index >= 15 is 0 Å². The number of rotatable bonds is 5. The molecule has 0 radical (unpaired) electrons. The van der Waals surface area contributed by atoms with Crippen LogP contribution in [0.2, 0.25) is 0 Å². The van der Waals surface area contributed by atoms with Crippen molar-refractivity contribution in [1.29, 1.82) is 0 Å². The number of hydrogen-bond acceptors (Lipinski definition) is 4. The summed E-state index contributed by atoms with van der Waals surface area (Å²) >= 11 is 1.45. The Balaban J connectivity index is 2.22. The second-order valence-corrected chi connectivity index (χ2v) is 5.46. The quantitative estimate of drug-likeness (QED) is 0.851. The summed E-state index contributed by atoms with van der Waals surface area (Å²) in [4.78, 5) is 8.91. The van der Waals surface area contributed by atoms with Crippen LogP contribution in [0, 0.1) is 5.82 Å². The highest BCUT2D eigenvalue weighted by Gasteiger charge is 2.10. The van der Waals surface area contributed by atoms with Crippen molar-refractivity contribution in [2.24, 2.45) is 0 Å². The lowest BCUT2D eigenvalue weighted by Gasteiger charge is -2.12. The Kier molecular flexibility index (Phi) is 4.87. The predicted molar refractivity (Wildman–Crippen MR) is 74.5 cm³/mol. The van der Waals surface area contributed by atoms with Crippen molar-refractivity contribution >= 4 is 11.8 Å². The topological polar surface area (TPSA) is 37.8 Å². The van der Waals surface area contributed by atoms with Crippen LogP contribution in [-0.2, 0) is 6.54 Å². The van der Waals surface area contributed by atoms with E-state index in [9.17, 15) is 4.39 Å². The summed E-state index contributed by atoms with van der Waals surface area (Å²) in [5, 5.41) is 4.05. The summed E-state index contributed by atoms with van der Waals surface area (Å²) in [6.07, 6.45) is 3.17. The van der Waals surface area contributed by atoms with Crippen molar-refractivity contribution < 1.29 is 4.39 Å². The molecule has 0 aliphatic rings. The normalized spacial score (nSPS) is 10.9. The molecule has 5 heteroatoms. The van der Waals surface area contributed by atoms with Crippen molar-refractivity contribution in [3.05, 3.63) is 48.2 Å². The first-order valence-electron chi connectivity index (χ1n) is 6.11. The van der Waals surface area contributed by atoms with Crippen LogP contribution >= 0.6 is 11.8 Å². The van der Waals surface area contributed by atoms with E-state index in [4.69, 9.17) is 0 Å². The summed E-state index contributed by atoms with van der Waals surface area (Å²) in [5.41, 5.74) is 0.680. The molecule has 1 aromatic heterocycles. The average Bonchev–Trinajstić information content (AvgIpc) is 2.39. The number of aromatic nitrogens is 2. The van der Waals surface area contributed by atoms with E-state index in [-0.39, 0.29) is 5.82 Å². The van der Waals surface area contributed by atoms with Gasteiger partial charge in [0.15, 0.2) is 0 Å². The smallest absolute Gasteiger partial charge is 0.128 e. The molecule has 0 saturated heterocycles. The molecule has 0 atom stereocenters. The van der Waals surface area contributed by atoms with Crippen LogP contribution in [0.25, 0.3) is 0 Å². The lowest BCUT2D eigenvalue weighted by atomic mass is 10.2. The minimum Gasteiger partial charge on any atom is -0.310 e. The number of hydrogen-bond donors (Lipinski definition) is 1. The van der Waals surface area contributed by atoms with Crippen LogP contribution < -0.4 is 5.32 Å². The van der Waals surface area contributed by atoms with Gasteiger partial charge in [-0.2, -0.15) is 0 Å². The van der Waals surface area contributed by atoms with Gasteiger partial charge in [0, 0.05) is 29.2 Å². The fraction of sp³-hybridized carbons (Fsp3) is 0.286. The van der Waals surface area contributed by atoms with E-state index in [0.29, 0.717) is 18.2 Å². The van der Waals surface area contributed by atoms with E-state index in [0.717, 1.165) is 9.92 Å². The average molecular weight is 277 g/mol. The zero-order valence-electron chi connectivity index (χ0n) is 10.9. The van der Waals surface area contributed by atoms with Crippen molar-refractivity contribution in [1.82, 2.24) is 15.3 Å². The fourth-order valence-corrected chi connectivity index (χ4v) is 2.46. The third-order valence-electron chi connectivity index (χ3n) is 2.53. The van der Waals surface area contributed by atoms with Crippen molar-refractivity contribution in [2.45, 2.75) is 36.4 Å². The molecule has 3 nitrogen and oxygen atoms in total. The van der Waals surface area contributed by atoms with Gasteiger partial charge < -0.3 is 5.32 Å². The Morgan fingerprint density at radius 3 is 2.84 bits per heavy atom. The number of halogens is 1. The van der Waals surface area contributed by atoms with Crippen LogP contribution in [0.4, 0.5) is 4.39 Å². The van der Waals surface area contributed by atoms with Gasteiger partial charge >= 0.3 is 0 Å². The monoisotopic (exact) mass is 277 g/mol. The first-order chi connectivity index (χ1) is 9.16. The van der Waals surface area contributed by atoms with Crippen LogP contribution in [0.15, 0.2) is 46.7 Å². The van der Waals surface area contributed by atoms with Gasteiger partial charge in [0.2, 0.25) is 0 Å². The molecular weight excluding hydrogens is 261 g/mol. The highest BCUT2D eigenvalue weighted by Crippen LogP contribution is 2.30. The minimum absolute atomic E-state index is 0.188. The maximum Gasteiger partial charge on any atom is 0.128 e. The molecule has 0 aliphatic carbocycles. The van der Waals surface area contributed by atoms with E-state index in [1.165, 1.54) is 24.2 Å². The number of benzene rings is 1. The van der Waals surface area contributed by atoms with Crippen molar-refractivity contribution in [2.75, 3.05) is 0 Å². The Morgan fingerprint density at radius 1 is 1.32 bits per heavy atom. The minimum atomic E-state index is -0.188. The predicted octanol–water partition coefficient (Wildman–Crippen LogP) is 3.26. The summed E-state index contributed by atoms with van der Waals surface area (Å²) < 4.78 is 13.9. The molecule has 2 rings (SSSR count). The third-order valence-corrected chi connectivity index (χ3v) is 3.59. The van der Waals surface area contributed by atoms with Crippen LogP contribution in [0.5, 0.6) is 0 Å². The van der Waals surface area contributed by atoms with Gasteiger partial charge in [-0.1, -0.05) is 31.7 Å². The number of nitrogens with one attached hydrogen (secondary N) is 1. The van der Waals surface area contributed by atoms with Gasteiger partial charge in [-0.05, 0) is 18.2 Å². The maximum absolute atomic E-state index is 13.9. The van der Waals surface area contributed by atoms with Gasteiger partial charge in [0.05, 0.1) is 0 Å². The highest BCUT2D eigenvalue weighted by atomic mass is 32.2. The molecule has 0 unspecified atom stereocenters. The van der Waals surface area contributed by atoms with Crippen molar-refractivity contribution in [3.8, 4) is 0 Å². The molecule has 0 saturated carbocycles. The van der Waals surface area contributed by atoms with Gasteiger partial charge in [0.1, 0.15) is 17.2 Å². The van der Waals surface area contributed by atoms with Gasteiger partial charge in [-0.3, -0.25) is 0 Å². The van der Waals surface area contributed by atoms with E-state index < -0.39 is 0 Å². The molecule has 1 N–H and O–H groups in total. The lowest BCUT2D eigenvalue weighted by Crippen LogP contribution is -2.22. The summed E-state index contributed by atoms with van der Waals surface area (Å²) in [7, 11) is 0. The molecule has 1 aromatic carbocycles. The Morgan fingerprint density at radius 2 is 2.16 bits per heavy atom. The molecule has 0 amide bonds. The van der Waals surface area contributed by atoms with Gasteiger partial charge in [-0.15, -0.1) is 0 Å². The molecule has 0 spiro atoms. The second-order valence-electron chi connectivity index (χ2n) is 4.40. The molecular formula is C14H16FN3S. The largest absolute Gasteiger partial charge is 0.310 e. The molecule has 100 valence electrons. The molecule has 0 aliphatic heterocycles. The van der Waals surface area contributed by atoms with E-state index in [2.05, 4.69) is 15.3 Å². The van der Waals surface area contributed by atoms with Crippen LogP contribution in [0.3, 0.4) is 0 Å². The lowest BCUT2D eigenvalue weighted by molar-refractivity contribution is 0.546. The van der Waals surface area contributed by atoms with Crippen LogP contribution in [0.1, 0.15) is 19.4 Å². The zero-order valence-corrected chi connectivity index (χ0v) is 11.7. The Hall–Kier alpha value is -1.46. The maximum atomic E-state index is 13.9. The van der Waals surface area contributed by atoms with E-state index in [1.807, 2.05) is 26.0 Å². The van der Waals surface area contributed by atoms with Crippen LogP contribution in [-0.4, -0.2) is 16.0 Å². The second kappa shape index (κ2) is 6.63. The Labute approximate surface area is 116 Å². The highest BCUT2D eigenvalue weighted by molar-refractivity contribution is 7.99. The van der Waals surface area contributed by atoms with E-state index in [1.54, 1.807) is 12.3 Å². The van der Waals surface area contributed by atoms with Gasteiger partial charge in [0.25, 0.3) is 0 Å². The molecule has 0 fully saturated rings. The summed E-state index contributed by atoms with van der Waals surface area (Å²) in [5.74, 6) is -0.188. The number of nitrogens with zero attached hydrogens (tertiary/aromatic N) is 2. The third kappa shape index (κ3) is 4.01. The first kappa shape index (κ1) is 14.0. The van der Waals surface area contributed by atoms with Gasteiger partial charge in [-0.25, -0.2) is 14.4 Å². The molecule has 2 aromatic rings.